The molecule has 0 radical (unpaired) electrons. The van der Waals surface area contributed by atoms with Gasteiger partial charge in [-0.3, -0.25) is 4.90 Å². The molecule has 3 aromatic heterocycles. The number of hydrogen-bond acceptors (Lipinski definition) is 8. The Morgan fingerprint density at radius 2 is 1.80 bits per heavy atom. The molecule has 10 heteroatoms. The highest BCUT2D eigenvalue weighted by Crippen LogP contribution is 2.40. The molecule has 0 bridgehead atoms. The zero-order chi connectivity index (χ0) is 28.1. The Labute approximate surface area is 238 Å². The quantitative estimate of drug-likeness (QED) is 0.253. The first-order valence-electron chi connectivity index (χ1n) is 14.4. The standard InChI is InChI=1S/C31H35FN8O/c1-18-13-19(2)28-26(14-18)38-31(41-28)37-25-8-3-20(15-24(25)32)23-16-40(30-27(23)29(33)35-17-36-30)22-6-4-21(5-7-22)39-11-9-34-10-12-39/h3,8,13-17,21-22,34H,4-7,9-12H2,1-2H3,(H,37,38)(H2,33,35,36)/t21-,22+. The van der Waals surface area contributed by atoms with Gasteiger partial charge in [-0.25, -0.2) is 14.4 Å². The SMILES string of the molecule is Cc1cc(C)c2oc(Nc3ccc(-c4cn([C@H]5CC[C@@H](N6CCNCC6)CC5)c5ncnc(N)c45)cc3F)nc2c1. The van der Waals surface area contributed by atoms with Crippen LogP contribution in [0.3, 0.4) is 0 Å². The lowest BCUT2D eigenvalue weighted by Gasteiger charge is -2.39. The molecule has 7 rings (SSSR count). The van der Waals surface area contributed by atoms with Crippen molar-refractivity contribution in [1.82, 2.24) is 29.7 Å². The smallest absolute Gasteiger partial charge is 0.300 e. The molecule has 1 aliphatic heterocycles. The van der Waals surface area contributed by atoms with E-state index in [9.17, 15) is 0 Å². The van der Waals surface area contributed by atoms with Crippen molar-refractivity contribution in [3.8, 4) is 11.1 Å². The molecule has 1 aliphatic carbocycles. The van der Waals surface area contributed by atoms with E-state index in [1.165, 1.54) is 12.4 Å². The van der Waals surface area contributed by atoms with Gasteiger partial charge in [0.1, 0.15) is 29.1 Å². The van der Waals surface area contributed by atoms with Crippen LogP contribution in [0, 0.1) is 19.7 Å². The van der Waals surface area contributed by atoms with E-state index < -0.39 is 5.82 Å². The lowest BCUT2D eigenvalue weighted by Crippen LogP contribution is -2.49. The second kappa shape index (κ2) is 10.4. The molecule has 0 amide bonds. The number of halogens is 1. The van der Waals surface area contributed by atoms with E-state index in [2.05, 4.69) is 41.2 Å². The van der Waals surface area contributed by atoms with Gasteiger partial charge in [0.05, 0.1) is 11.1 Å². The van der Waals surface area contributed by atoms with Crippen molar-refractivity contribution >= 4 is 39.7 Å². The van der Waals surface area contributed by atoms with E-state index in [1.807, 2.05) is 32.0 Å². The fourth-order valence-corrected chi connectivity index (χ4v) is 6.68. The minimum Gasteiger partial charge on any atom is -0.423 e. The topological polar surface area (TPSA) is 110 Å². The minimum absolute atomic E-state index is 0.256. The largest absolute Gasteiger partial charge is 0.423 e. The Hall–Kier alpha value is -4.02. The van der Waals surface area contributed by atoms with E-state index in [0.29, 0.717) is 23.5 Å². The summed E-state index contributed by atoms with van der Waals surface area (Å²) in [5, 5.41) is 7.22. The van der Waals surface area contributed by atoms with Crippen LogP contribution in [0.15, 0.2) is 47.3 Å². The first kappa shape index (κ1) is 25.9. The Morgan fingerprint density at radius 1 is 1.02 bits per heavy atom. The van der Waals surface area contributed by atoms with Crippen LogP contribution in [0.4, 0.5) is 21.9 Å². The first-order valence-corrected chi connectivity index (χ1v) is 14.4. The Balaban J connectivity index is 1.16. The van der Waals surface area contributed by atoms with Gasteiger partial charge in [-0.15, -0.1) is 0 Å². The number of benzene rings is 2. The number of aryl methyl sites for hydroxylation is 2. The summed E-state index contributed by atoms with van der Waals surface area (Å²) in [6.07, 6.45) is 8.06. The summed E-state index contributed by atoms with van der Waals surface area (Å²) >= 11 is 0. The number of anilines is 3. The molecule has 4 heterocycles. The Bertz CT molecular complexity index is 1730. The van der Waals surface area contributed by atoms with Crippen LogP contribution in [-0.4, -0.2) is 56.6 Å². The number of piperazine rings is 1. The predicted octanol–water partition coefficient (Wildman–Crippen LogP) is 5.71. The van der Waals surface area contributed by atoms with Gasteiger partial charge in [-0.05, 0) is 74.4 Å². The highest BCUT2D eigenvalue weighted by atomic mass is 19.1. The number of nitrogens with zero attached hydrogens (tertiary/aromatic N) is 5. The molecule has 2 aliphatic rings. The molecule has 0 unspecified atom stereocenters. The number of hydrogen-bond donors (Lipinski definition) is 3. The number of nitrogen functional groups attached to an aromatic ring is 1. The maximum absolute atomic E-state index is 15.5. The van der Waals surface area contributed by atoms with Crippen LogP contribution < -0.4 is 16.4 Å². The van der Waals surface area contributed by atoms with Crippen molar-refractivity contribution in [3.05, 3.63) is 59.8 Å². The summed E-state index contributed by atoms with van der Waals surface area (Å²) < 4.78 is 23.6. The van der Waals surface area contributed by atoms with Crippen molar-refractivity contribution in [3.63, 3.8) is 0 Å². The van der Waals surface area contributed by atoms with Crippen molar-refractivity contribution in [2.75, 3.05) is 37.2 Å². The third-order valence-electron chi connectivity index (χ3n) is 8.71. The summed E-state index contributed by atoms with van der Waals surface area (Å²) in [7, 11) is 0. The van der Waals surface area contributed by atoms with Crippen LogP contribution in [0.2, 0.25) is 0 Å². The highest BCUT2D eigenvalue weighted by molar-refractivity contribution is 6.00. The summed E-state index contributed by atoms with van der Waals surface area (Å²) in [6, 6.07) is 10.3. The van der Waals surface area contributed by atoms with E-state index >= 15 is 4.39 Å². The van der Waals surface area contributed by atoms with Gasteiger partial charge < -0.3 is 25.4 Å². The number of aromatic nitrogens is 4. The maximum atomic E-state index is 15.5. The molecule has 0 spiro atoms. The summed E-state index contributed by atoms with van der Waals surface area (Å²) in [6.45, 7) is 8.38. The van der Waals surface area contributed by atoms with Gasteiger partial charge in [0.15, 0.2) is 5.58 Å². The Morgan fingerprint density at radius 3 is 2.59 bits per heavy atom. The molecule has 212 valence electrons. The molecule has 5 aromatic rings. The van der Waals surface area contributed by atoms with Crippen LogP contribution in [-0.2, 0) is 0 Å². The highest BCUT2D eigenvalue weighted by Gasteiger charge is 2.29. The average Bonchev–Trinajstić information content (AvgIpc) is 3.57. The number of rotatable bonds is 5. The summed E-state index contributed by atoms with van der Waals surface area (Å²) in [5.74, 6) is -0.0106. The van der Waals surface area contributed by atoms with Crippen LogP contribution in [0.1, 0.15) is 42.9 Å². The first-order chi connectivity index (χ1) is 19.9. The van der Waals surface area contributed by atoms with Gasteiger partial charge in [0.2, 0.25) is 0 Å². The molecule has 9 nitrogen and oxygen atoms in total. The van der Waals surface area contributed by atoms with Crippen molar-refractivity contribution in [2.24, 2.45) is 0 Å². The van der Waals surface area contributed by atoms with Gasteiger partial charge in [0.25, 0.3) is 6.01 Å². The normalized spacial score (nSPS) is 20.2. The lowest BCUT2D eigenvalue weighted by atomic mass is 9.89. The molecule has 2 aromatic carbocycles. The second-order valence-electron chi connectivity index (χ2n) is 11.4. The van der Waals surface area contributed by atoms with Crippen LogP contribution in [0.5, 0.6) is 0 Å². The number of nitrogens with one attached hydrogen (secondary N) is 2. The van der Waals surface area contributed by atoms with Crippen LogP contribution in [0.25, 0.3) is 33.3 Å². The fourth-order valence-electron chi connectivity index (χ4n) is 6.68. The van der Waals surface area contributed by atoms with E-state index in [4.69, 9.17) is 10.2 Å². The molecule has 2 fully saturated rings. The molecule has 1 saturated heterocycles. The summed E-state index contributed by atoms with van der Waals surface area (Å²) in [4.78, 5) is 16.0. The fraction of sp³-hybridized carbons (Fsp3) is 0.387. The lowest BCUT2D eigenvalue weighted by molar-refractivity contribution is 0.124. The molecule has 0 atom stereocenters. The van der Waals surface area contributed by atoms with Crippen LogP contribution >= 0.6 is 0 Å². The molecule has 1 saturated carbocycles. The molecule has 41 heavy (non-hydrogen) atoms. The third-order valence-corrected chi connectivity index (χ3v) is 8.71. The average molecular weight is 555 g/mol. The van der Waals surface area contributed by atoms with Crippen molar-refractivity contribution in [1.29, 1.82) is 0 Å². The van der Waals surface area contributed by atoms with E-state index in [1.54, 1.807) is 6.07 Å². The van der Waals surface area contributed by atoms with E-state index in [0.717, 1.165) is 90.7 Å². The van der Waals surface area contributed by atoms with Gasteiger partial charge in [-0.2, -0.15) is 4.98 Å². The van der Waals surface area contributed by atoms with Gasteiger partial charge in [-0.1, -0.05) is 12.1 Å². The predicted molar refractivity (Wildman–Crippen MR) is 160 cm³/mol. The van der Waals surface area contributed by atoms with Crippen molar-refractivity contribution < 1.29 is 8.81 Å². The molecule has 4 N–H and O–H groups in total. The number of nitrogens with two attached hydrogens (primary N) is 1. The van der Waals surface area contributed by atoms with E-state index in [-0.39, 0.29) is 11.7 Å². The third kappa shape index (κ3) is 4.81. The van der Waals surface area contributed by atoms with Crippen molar-refractivity contribution in [2.45, 2.75) is 51.6 Å². The number of fused-ring (bicyclic) bond motifs is 2. The number of oxazole rings is 1. The maximum Gasteiger partial charge on any atom is 0.300 e. The second-order valence-corrected chi connectivity index (χ2v) is 11.4. The molecular formula is C31H35FN8O. The summed E-state index contributed by atoms with van der Waals surface area (Å²) in [5.41, 5.74) is 12.6. The zero-order valence-corrected chi connectivity index (χ0v) is 23.5. The minimum atomic E-state index is -0.412. The van der Waals surface area contributed by atoms with Gasteiger partial charge >= 0.3 is 0 Å². The monoisotopic (exact) mass is 554 g/mol. The zero-order valence-electron chi connectivity index (χ0n) is 23.5. The molecular weight excluding hydrogens is 519 g/mol. The van der Waals surface area contributed by atoms with Gasteiger partial charge in [0, 0.05) is 50.0 Å². The Kier molecular flexibility index (Phi) is 6.59.